The molecule has 0 spiro atoms. The number of nitrogens with one attached hydrogen (secondary N) is 1. The fraction of sp³-hybridized carbons (Fsp3) is 0.200. The second-order valence-electron chi connectivity index (χ2n) is 3.22. The Bertz CT molecular complexity index is 437. The maximum Gasteiger partial charge on any atom is 0.254 e. The van der Waals surface area contributed by atoms with E-state index in [0.717, 1.165) is 0 Å². The molecule has 6 heteroatoms. The number of carbonyl (C=O) groups excluding carboxylic acids is 2. The van der Waals surface area contributed by atoms with E-state index in [1.54, 1.807) is 0 Å². The number of amides is 2. The molecule has 0 radical (unpaired) electrons. The molecule has 0 fully saturated rings. The zero-order valence-corrected chi connectivity index (χ0v) is 10.0. The standard InChI is InChI=1S/C10H10BrFN2O2/c1-5(9(13)15)14-10(16)7-3-2-6(11)4-8(7)12/h2-5H,1H3,(H2,13,15)(H,14,16)/t5-/m1/s1. The van der Waals surface area contributed by atoms with Crippen LogP contribution in [0.15, 0.2) is 22.7 Å². The van der Waals surface area contributed by atoms with Crippen LogP contribution in [-0.4, -0.2) is 17.9 Å². The number of halogens is 2. The van der Waals surface area contributed by atoms with E-state index in [4.69, 9.17) is 5.73 Å². The lowest BCUT2D eigenvalue weighted by molar-refractivity contribution is -0.119. The molecule has 86 valence electrons. The van der Waals surface area contributed by atoms with E-state index < -0.39 is 23.7 Å². The number of benzene rings is 1. The van der Waals surface area contributed by atoms with Crippen molar-refractivity contribution < 1.29 is 14.0 Å². The summed E-state index contributed by atoms with van der Waals surface area (Å²) >= 11 is 3.07. The van der Waals surface area contributed by atoms with Crippen molar-refractivity contribution in [3.63, 3.8) is 0 Å². The molecule has 0 heterocycles. The van der Waals surface area contributed by atoms with Gasteiger partial charge < -0.3 is 11.1 Å². The van der Waals surface area contributed by atoms with Crippen LogP contribution < -0.4 is 11.1 Å². The molecule has 0 bridgehead atoms. The molecule has 0 aliphatic heterocycles. The summed E-state index contributed by atoms with van der Waals surface area (Å²) in [5.74, 6) is -2.01. The molecule has 0 aromatic heterocycles. The molecule has 3 N–H and O–H groups in total. The Hall–Kier alpha value is -1.43. The average Bonchev–Trinajstić information content (AvgIpc) is 2.16. The minimum absolute atomic E-state index is 0.128. The molecule has 0 saturated carbocycles. The first kappa shape index (κ1) is 12.6. The van der Waals surface area contributed by atoms with E-state index in [-0.39, 0.29) is 5.56 Å². The van der Waals surface area contributed by atoms with Crippen LogP contribution >= 0.6 is 15.9 Å². The SMILES string of the molecule is C[C@@H](NC(=O)c1ccc(Br)cc1F)C(N)=O. The number of hydrogen-bond donors (Lipinski definition) is 2. The molecule has 1 rings (SSSR count). The highest BCUT2D eigenvalue weighted by molar-refractivity contribution is 9.10. The number of rotatable bonds is 3. The zero-order chi connectivity index (χ0) is 12.3. The Labute approximate surface area is 100 Å². The van der Waals surface area contributed by atoms with Gasteiger partial charge in [0.2, 0.25) is 5.91 Å². The third kappa shape index (κ3) is 3.03. The normalized spacial score (nSPS) is 11.9. The first-order chi connectivity index (χ1) is 7.41. The molecule has 0 saturated heterocycles. The van der Waals surface area contributed by atoms with Crippen LogP contribution in [0.5, 0.6) is 0 Å². The van der Waals surface area contributed by atoms with Gasteiger partial charge in [-0.2, -0.15) is 0 Å². The average molecular weight is 289 g/mol. The summed E-state index contributed by atoms with van der Waals surface area (Å²) in [5.41, 5.74) is 4.84. The van der Waals surface area contributed by atoms with Crippen LogP contribution in [0.2, 0.25) is 0 Å². The zero-order valence-electron chi connectivity index (χ0n) is 8.46. The van der Waals surface area contributed by atoms with Gasteiger partial charge in [-0.3, -0.25) is 9.59 Å². The van der Waals surface area contributed by atoms with E-state index in [9.17, 15) is 14.0 Å². The minimum Gasteiger partial charge on any atom is -0.368 e. The molecule has 1 aromatic carbocycles. The summed E-state index contributed by atoms with van der Waals surface area (Å²) in [6, 6.07) is 3.19. The first-order valence-corrected chi connectivity index (χ1v) is 5.26. The highest BCUT2D eigenvalue weighted by Crippen LogP contribution is 2.15. The van der Waals surface area contributed by atoms with Crippen LogP contribution in [0.3, 0.4) is 0 Å². The first-order valence-electron chi connectivity index (χ1n) is 4.47. The molecule has 1 aromatic rings. The van der Waals surface area contributed by atoms with Gasteiger partial charge in [0, 0.05) is 4.47 Å². The molecule has 0 unspecified atom stereocenters. The molecular formula is C10H10BrFN2O2. The van der Waals surface area contributed by atoms with Gasteiger partial charge in [0.25, 0.3) is 5.91 Å². The van der Waals surface area contributed by atoms with Gasteiger partial charge in [0.05, 0.1) is 5.56 Å². The molecule has 0 aliphatic carbocycles. The monoisotopic (exact) mass is 288 g/mol. The van der Waals surface area contributed by atoms with Gasteiger partial charge in [-0.05, 0) is 25.1 Å². The lowest BCUT2D eigenvalue weighted by Crippen LogP contribution is -2.42. The molecule has 1 atom stereocenters. The van der Waals surface area contributed by atoms with Crippen molar-refractivity contribution in [2.45, 2.75) is 13.0 Å². The highest BCUT2D eigenvalue weighted by atomic mass is 79.9. The largest absolute Gasteiger partial charge is 0.368 e. The minimum atomic E-state index is -0.837. The Morgan fingerprint density at radius 3 is 2.62 bits per heavy atom. The number of nitrogens with two attached hydrogens (primary N) is 1. The van der Waals surface area contributed by atoms with Crippen molar-refractivity contribution in [3.05, 3.63) is 34.1 Å². The lowest BCUT2D eigenvalue weighted by Gasteiger charge is -2.10. The Morgan fingerprint density at radius 2 is 2.12 bits per heavy atom. The molecule has 16 heavy (non-hydrogen) atoms. The lowest BCUT2D eigenvalue weighted by atomic mass is 10.2. The topological polar surface area (TPSA) is 72.2 Å². The summed E-state index contributed by atoms with van der Waals surface area (Å²) in [6.07, 6.45) is 0. The molecule has 2 amide bonds. The van der Waals surface area contributed by atoms with Crippen LogP contribution in [-0.2, 0) is 4.79 Å². The van der Waals surface area contributed by atoms with Crippen LogP contribution in [0.1, 0.15) is 17.3 Å². The van der Waals surface area contributed by atoms with E-state index in [1.165, 1.54) is 25.1 Å². The quantitative estimate of drug-likeness (QED) is 0.877. The van der Waals surface area contributed by atoms with Gasteiger partial charge in [-0.1, -0.05) is 15.9 Å². The number of hydrogen-bond acceptors (Lipinski definition) is 2. The van der Waals surface area contributed by atoms with E-state index in [0.29, 0.717) is 4.47 Å². The third-order valence-corrected chi connectivity index (χ3v) is 2.44. The van der Waals surface area contributed by atoms with Gasteiger partial charge in [0.1, 0.15) is 11.9 Å². The fourth-order valence-corrected chi connectivity index (χ4v) is 1.35. The van der Waals surface area contributed by atoms with Crippen molar-refractivity contribution in [2.75, 3.05) is 0 Å². The van der Waals surface area contributed by atoms with E-state index in [2.05, 4.69) is 21.2 Å². The second-order valence-corrected chi connectivity index (χ2v) is 4.14. The summed E-state index contributed by atoms with van der Waals surface area (Å²) < 4.78 is 13.9. The molecule has 4 nitrogen and oxygen atoms in total. The van der Waals surface area contributed by atoms with Gasteiger partial charge in [0.15, 0.2) is 0 Å². The van der Waals surface area contributed by atoms with E-state index >= 15 is 0 Å². The summed E-state index contributed by atoms with van der Waals surface area (Å²) in [7, 11) is 0. The third-order valence-electron chi connectivity index (χ3n) is 1.95. The van der Waals surface area contributed by atoms with Crippen LogP contribution in [0.25, 0.3) is 0 Å². The smallest absolute Gasteiger partial charge is 0.254 e. The van der Waals surface area contributed by atoms with Crippen molar-refractivity contribution in [1.82, 2.24) is 5.32 Å². The Morgan fingerprint density at radius 1 is 1.50 bits per heavy atom. The molecular weight excluding hydrogens is 279 g/mol. The van der Waals surface area contributed by atoms with Crippen molar-refractivity contribution in [2.24, 2.45) is 5.73 Å². The Kier molecular flexibility index (Phi) is 4.00. The van der Waals surface area contributed by atoms with Crippen LogP contribution in [0, 0.1) is 5.82 Å². The molecule has 0 aliphatic rings. The fourth-order valence-electron chi connectivity index (χ4n) is 1.02. The number of primary amides is 1. The predicted molar refractivity (Wildman–Crippen MR) is 60.2 cm³/mol. The van der Waals surface area contributed by atoms with Crippen LogP contribution in [0.4, 0.5) is 4.39 Å². The Balaban J connectivity index is 2.85. The maximum absolute atomic E-state index is 13.3. The summed E-state index contributed by atoms with van der Waals surface area (Å²) in [5, 5.41) is 2.29. The van der Waals surface area contributed by atoms with Crippen molar-refractivity contribution >= 4 is 27.7 Å². The van der Waals surface area contributed by atoms with E-state index in [1.807, 2.05) is 0 Å². The summed E-state index contributed by atoms with van der Waals surface area (Å²) in [6.45, 7) is 1.43. The predicted octanol–water partition coefficient (Wildman–Crippen LogP) is 1.19. The highest BCUT2D eigenvalue weighted by Gasteiger charge is 2.16. The summed E-state index contributed by atoms with van der Waals surface area (Å²) in [4.78, 5) is 22.2. The number of carbonyl (C=O) groups is 2. The van der Waals surface area contributed by atoms with Gasteiger partial charge in [-0.25, -0.2) is 4.39 Å². The second kappa shape index (κ2) is 5.07. The van der Waals surface area contributed by atoms with Gasteiger partial charge >= 0.3 is 0 Å². The van der Waals surface area contributed by atoms with Crippen molar-refractivity contribution in [3.8, 4) is 0 Å². The van der Waals surface area contributed by atoms with Gasteiger partial charge in [-0.15, -0.1) is 0 Å². The maximum atomic E-state index is 13.3. The van der Waals surface area contributed by atoms with Crippen molar-refractivity contribution in [1.29, 1.82) is 0 Å².